The minimum Gasteiger partial charge on any atom is -0.407 e. The molecule has 0 amide bonds. The van der Waals surface area contributed by atoms with Crippen LogP contribution in [0.2, 0.25) is 0 Å². The van der Waals surface area contributed by atoms with Crippen LogP contribution < -0.4 is 10.6 Å². The van der Waals surface area contributed by atoms with E-state index in [-0.39, 0.29) is 0 Å². The summed E-state index contributed by atoms with van der Waals surface area (Å²) in [5.74, 6) is 1.87. The first-order valence-corrected chi connectivity index (χ1v) is 5.46. The van der Waals surface area contributed by atoms with Gasteiger partial charge < -0.3 is 15.1 Å². The van der Waals surface area contributed by atoms with E-state index >= 15 is 0 Å². The van der Waals surface area contributed by atoms with E-state index in [2.05, 4.69) is 28.9 Å². The maximum Gasteiger partial charge on any atom is 0.318 e. The summed E-state index contributed by atoms with van der Waals surface area (Å²) in [5.41, 5.74) is 5.43. The van der Waals surface area contributed by atoms with Crippen LogP contribution in [0.4, 0.5) is 6.01 Å². The van der Waals surface area contributed by atoms with E-state index in [4.69, 9.17) is 10.2 Å². The Morgan fingerprint density at radius 2 is 2.00 bits per heavy atom. The Morgan fingerprint density at radius 3 is 2.53 bits per heavy atom. The van der Waals surface area contributed by atoms with Crippen LogP contribution in [0.1, 0.15) is 26.2 Å². The molecule has 1 aliphatic heterocycles. The molecule has 1 aromatic rings. The molecule has 1 aliphatic rings. The van der Waals surface area contributed by atoms with Gasteiger partial charge in [-0.1, -0.05) is 18.9 Å². The average Bonchev–Trinajstić information content (AvgIpc) is 2.64. The SMILES string of the molecule is CC1CC(C)CN(c2nnc(CN)o2)C1. The largest absolute Gasteiger partial charge is 0.407 e. The summed E-state index contributed by atoms with van der Waals surface area (Å²) in [6, 6.07) is 0.619. The van der Waals surface area contributed by atoms with Crippen LogP contribution in [0, 0.1) is 11.8 Å². The van der Waals surface area contributed by atoms with Crippen molar-refractivity contribution in [1.29, 1.82) is 0 Å². The van der Waals surface area contributed by atoms with Crippen molar-refractivity contribution in [3.05, 3.63) is 5.89 Å². The van der Waals surface area contributed by atoms with Crippen molar-refractivity contribution in [3.8, 4) is 0 Å². The van der Waals surface area contributed by atoms with Crippen molar-refractivity contribution in [2.45, 2.75) is 26.8 Å². The number of aromatic nitrogens is 2. The zero-order valence-electron chi connectivity index (χ0n) is 9.31. The molecule has 0 spiro atoms. The average molecular weight is 210 g/mol. The number of hydrogen-bond acceptors (Lipinski definition) is 5. The first-order chi connectivity index (χ1) is 7.19. The fourth-order valence-corrected chi connectivity index (χ4v) is 2.27. The van der Waals surface area contributed by atoms with Crippen molar-refractivity contribution in [2.24, 2.45) is 17.6 Å². The molecule has 15 heavy (non-hydrogen) atoms. The molecule has 1 fully saturated rings. The lowest BCUT2D eigenvalue weighted by Gasteiger charge is -2.33. The Balaban J connectivity index is 2.09. The number of hydrogen-bond donors (Lipinski definition) is 1. The first kappa shape index (κ1) is 10.4. The second-order valence-electron chi connectivity index (χ2n) is 4.53. The molecule has 2 heterocycles. The Bertz CT molecular complexity index is 315. The van der Waals surface area contributed by atoms with Crippen LogP contribution in [0.5, 0.6) is 0 Å². The quantitative estimate of drug-likeness (QED) is 0.789. The van der Waals surface area contributed by atoms with E-state index in [1.54, 1.807) is 0 Å². The van der Waals surface area contributed by atoms with Crippen LogP contribution in [0.25, 0.3) is 0 Å². The van der Waals surface area contributed by atoms with E-state index in [1.807, 2.05) is 0 Å². The molecule has 0 bridgehead atoms. The number of rotatable bonds is 2. The molecule has 2 N–H and O–H groups in total. The Hall–Kier alpha value is -1.10. The number of piperidine rings is 1. The van der Waals surface area contributed by atoms with Crippen molar-refractivity contribution in [3.63, 3.8) is 0 Å². The summed E-state index contributed by atoms with van der Waals surface area (Å²) in [4.78, 5) is 2.16. The van der Waals surface area contributed by atoms with Gasteiger partial charge in [-0.3, -0.25) is 0 Å². The Morgan fingerprint density at radius 1 is 1.33 bits per heavy atom. The molecule has 2 rings (SSSR count). The molecule has 1 aromatic heterocycles. The summed E-state index contributed by atoms with van der Waals surface area (Å²) in [7, 11) is 0. The van der Waals surface area contributed by atoms with E-state index in [0.717, 1.165) is 13.1 Å². The van der Waals surface area contributed by atoms with Gasteiger partial charge in [0, 0.05) is 13.1 Å². The highest BCUT2D eigenvalue weighted by Gasteiger charge is 2.25. The van der Waals surface area contributed by atoms with Gasteiger partial charge in [0.15, 0.2) is 0 Å². The summed E-state index contributed by atoms with van der Waals surface area (Å²) >= 11 is 0. The molecular formula is C10H18N4O. The highest BCUT2D eigenvalue weighted by atomic mass is 16.4. The molecule has 1 saturated heterocycles. The number of anilines is 1. The normalized spacial score (nSPS) is 27.0. The van der Waals surface area contributed by atoms with Crippen molar-refractivity contribution >= 4 is 6.01 Å². The standard InChI is InChI=1S/C10H18N4O/c1-7-3-8(2)6-14(5-7)10-13-12-9(4-11)15-10/h7-8H,3-6,11H2,1-2H3. The van der Waals surface area contributed by atoms with Gasteiger partial charge in [0.2, 0.25) is 5.89 Å². The predicted molar refractivity (Wildman–Crippen MR) is 57.3 cm³/mol. The Kier molecular flexibility index (Phi) is 2.90. The second kappa shape index (κ2) is 4.18. The van der Waals surface area contributed by atoms with Crippen molar-refractivity contribution < 1.29 is 4.42 Å². The maximum atomic E-state index is 5.45. The first-order valence-electron chi connectivity index (χ1n) is 5.46. The number of nitrogens with zero attached hydrogens (tertiary/aromatic N) is 3. The van der Waals surface area contributed by atoms with Gasteiger partial charge in [-0.2, -0.15) is 0 Å². The third kappa shape index (κ3) is 2.28. The highest BCUT2D eigenvalue weighted by Crippen LogP contribution is 2.25. The maximum absolute atomic E-state index is 5.45. The van der Waals surface area contributed by atoms with Crippen molar-refractivity contribution in [2.75, 3.05) is 18.0 Å². The monoisotopic (exact) mass is 210 g/mol. The highest BCUT2D eigenvalue weighted by molar-refractivity contribution is 5.25. The van der Waals surface area contributed by atoms with Gasteiger partial charge in [0.05, 0.1) is 6.54 Å². The molecule has 5 nitrogen and oxygen atoms in total. The molecule has 0 radical (unpaired) electrons. The summed E-state index contributed by atoms with van der Waals surface area (Å²) in [5, 5.41) is 7.89. The molecule has 5 heteroatoms. The third-order valence-corrected chi connectivity index (χ3v) is 2.77. The predicted octanol–water partition coefficient (Wildman–Crippen LogP) is 1.01. The lowest BCUT2D eigenvalue weighted by atomic mass is 9.92. The minimum absolute atomic E-state index is 0.311. The summed E-state index contributed by atoms with van der Waals surface area (Å²) in [6.07, 6.45) is 1.27. The van der Waals surface area contributed by atoms with E-state index in [9.17, 15) is 0 Å². The molecule has 84 valence electrons. The molecule has 0 aromatic carbocycles. The van der Waals surface area contributed by atoms with Crippen molar-refractivity contribution in [1.82, 2.24) is 10.2 Å². The summed E-state index contributed by atoms with van der Waals surface area (Å²) < 4.78 is 5.45. The second-order valence-corrected chi connectivity index (χ2v) is 4.53. The smallest absolute Gasteiger partial charge is 0.318 e. The lowest BCUT2D eigenvalue weighted by molar-refractivity contribution is 0.338. The van der Waals surface area contributed by atoms with Gasteiger partial charge in [0.1, 0.15) is 0 Å². The molecular weight excluding hydrogens is 192 g/mol. The minimum atomic E-state index is 0.311. The van der Waals surface area contributed by atoms with Crippen LogP contribution in [-0.4, -0.2) is 23.3 Å². The van der Waals surface area contributed by atoms with Gasteiger partial charge in [0.25, 0.3) is 0 Å². The topological polar surface area (TPSA) is 68.2 Å². The zero-order valence-corrected chi connectivity index (χ0v) is 9.31. The van der Waals surface area contributed by atoms with Crippen LogP contribution in [0.15, 0.2) is 4.42 Å². The van der Waals surface area contributed by atoms with Crippen LogP contribution >= 0.6 is 0 Å². The lowest BCUT2D eigenvalue weighted by Crippen LogP contribution is -2.38. The zero-order chi connectivity index (χ0) is 10.8. The molecule has 0 aliphatic carbocycles. The van der Waals surface area contributed by atoms with Gasteiger partial charge >= 0.3 is 6.01 Å². The Labute approximate surface area is 89.6 Å². The molecule has 2 atom stereocenters. The fraction of sp³-hybridized carbons (Fsp3) is 0.800. The van der Waals surface area contributed by atoms with Gasteiger partial charge in [-0.05, 0) is 18.3 Å². The van der Waals surface area contributed by atoms with E-state index in [0.29, 0.717) is 30.3 Å². The van der Waals surface area contributed by atoms with Gasteiger partial charge in [-0.25, -0.2) is 0 Å². The third-order valence-electron chi connectivity index (χ3n) is 2.77. The fourth-order valence-electron chi connectivity index (χ4n) is 2.27. The van der Waals surface area contributed by atoms with Crippen LogP contribution in [-0.2, 0) is 6.54 Å². The van der Waals surface area contributed by atoms with Gasteiger partial charge in [-0.15, -0.1) is 5.10 Å². The van der Waals surface area contributed by atoms with E-state index < -0.39 is 0 Å². The number of nitrogens with two attached hydrogens (primary N) is 1. The van der Waals surface area contributed by atoms with E-state index in [1.165, 1.54) is 6.42 Å². The molecule has 2 unspecified atom stereocenters. The van der Waals surface area contributed by atoms with Crippen LogP contribution in [0.3, 0.4) is 0 Å². The molecule has 0 saturated carbocycles. The summed E-state index contributed by atoms with van der Waals surface area (Å²) in [6.45, 7) is 6.81.